The van der Waals surface area contributed by atoms with Crippen LogP contribution in [0.1, 0.15) is 38.4 Å². The van der Waals surface area contributed by atoms with Crippen LogP contribution >= 0.6 is 23.2 Å². The number of sulfonamides is 1. The highest BCUT2D eigenvalue weighted by Gasteiger charge is 2.41. The zero-order chi connectivity index (χ0) is 32.3. The zero-order valence-electron chi connectivity index (χ0n) is 24.7. The number of imidazole rings is 1. The van der Waals surface area contributed by atoms with E-state index in [1.54, 1.807) is 17.3 Å². The molecule has 4 heterocycles. The molecule has 0 radical (unpaired) electrons. The van der Waals surface area contributed by atoms with Gasteiger partial charge in [-0.3, -0.25) is 9.78 Å². The van der Waals surface area contributed by atoms with Crippen molar-refractivity contribution in [1.29, 1.82) is 0 Å². The van der Waals surface area contributed by atoms with E-state index in [1.165, 1.54) is 18.2 Å². The van der Waals surface area contributed by atoms with Crippen molar-refractivity contribution in [1.82, 2.24) is 34.4 Å². The number of nitrogens with one attached hydrogen (secondary N) is 2. The van der Waals surface area contributed by atoms with Gasteiger partial charge in [-0.15, -0.1) is 0 Å². The number of fused-ring (bicyclic) bond motifs is 1. The van der Waals surface area contributed by atoms with Crippen LogP contribution < -0.4 is 10.6 Å². The summed E-state index contributed by atoms with van der Waals surface area (Å²) >= 11 is 12.0. The summed E-state index contributed by atoms with van der Waals surface area (Å²) in [7, 11) is -4.14. The standard InChI is InChI=1S/C29H35Cl2N7O6S/c1-2-26-34-22-15-32-8-5-24(22)37(26)17-18-6-10-36(11-7-18)29(42)33-16-23(28(40)41)35-27(39)25-4-3-9-38(25)45(43,44)21-13-19(30)12-20(31)14-21/h5,8,12-15,18,23,25H,2-4,6-7,9-11,16-17H2,1H3,(H,33,42)(H,35,39)(H,40,41)/t23-,25-/m0/s1. The number of halogens is 2. The lowest BCUT2D eigenvalue weighted by Gasteiger charge is -2.33. The number of aryl methyl sites for hydroxylation is 1. The number of amides is 3. The van der Waals surface area contributed by atoms with Crippen LogP contribution in [0.5, 0.6) is 0 Å². The summed E-state index contributed by atoms with van der Waals surface area (Å²) in [4.78, 5) is 48.4. The van der Waals surface area contributed by atoms with Crippen LogP contribution in [0.4, 0.5) is 4.79 Å². The second-order valence-corrected chi connectivity index (χ2v) is 14.0. The number of carboxylic acid groups (broad SMARTS) is 1. The van der Waals surface area contributed by atoms with E-state index in [2.05, 4.69) is 32.1 Å². The normalized spacial score (nSPS) is 18.6. The quantitative estimate of drug-likeness (QED) is 0.294. The molecule has 16 heteroatoms. The summed E-state index contributed by atoms with van der Waals surface area (Å²) in [5.74, 6) is -0.788. The Balaban J connectivity index is 1.15. The van der Waals surface area contributed by atoms with Crippen molar-refractivity contribution in [3.05, 3.63) is 52.5 Å². The molecule has 3 amide bonds. The lowest BCUT2D eigenvalue weighted by Crippen LogP contribution is -2.55. The molecular weight excluding hydrogens is 645 g/mol. The van der Waals surface area contributed by atoms with Crippen molar-refractivity contribution in [2.24, 2.45) is 5.92 Å². The number of benzene rings is 1. The van der Waals surface area contributed by atoms with Gasteiger partial charge < -0.3 is 25.2 Å². The number of nitrogens with zero attached hydrogens (tertiary/aromatic N) is 5. The van der Waals surface area contributed by atoms with Crippen LogP contribution in [-0.2, 0) is 32.6 Å². The maximum Gasteiger partial charge on any atom is 0.328 e. The second kappa shape index (κ2) is 13.9. The second-order valence-electron chi connectivity index (χ2n) is 11.3. The number of carboxylic acids is 1. The van der Waals surface area contributed by atoms with Crippen molar-refractivity contribution in [3.63, 3.8) is 0 Å². The van der Waals surface area contributed by atoms with Crippen LogP contribution in [0.2, 0.25) is 10.0 Å². The summed E-state index contributed by atoms with van der Waals surface area (Å²) in [6.45, 7) is 3.55. The van der Waals surface area contributed by atoms with Gasteiger partial charge in [0.15, 0.2) is 0 Å². The lowest BCUT2D eigenvalue weighted by molar-refractivity contribution is -0.142. The van der Waals surface area contributed by atoms with E-state index < -0.39 is 40.0 Å². The van der Waals surface area contributed by atoms with Gasteiger partial charge in [-0.2, -0.15) is 4.31 Å². The van der Waals surface area contributed by atoms with Crippen LogP contribution in [0.15, 0.2) is 41.6 Å². The molecule has 5 rings (SSSR count). The number of carbonyl (C=O) groups excluding carboxylic acids is 2. The van der Waals surface area contributed by atoms with Gasteiger partial charge in [-0.1, -0.05) is 30.1 Å². The molecule has 2 atom stereocenters. The highest BCUT2D eigenvalue weighted by molar-refractivity contribution is 7.89. The molecular formula is C29H35Cl2N7O6S. The van der Waals surface area contributed by atoms with E-state index in [0.29, 0.717) is 25.4 Å². The molecule has 3 N–H and O–H groups in total. The number of carbonyl (C=O) groups is 3. The fraction of sp³-hybridized carbons (Fsp3) is 0.483. The molecule has 2 aliphatic heterocycles. The zero-order valence-corrected chi connectivity index (χ0v) is 27.0. The van der Waals surface area contributed by atoms with Crippen LogP contribution in [0.25, 0.3) is 11.0 Å². The average molecular weight is 681 g/mol. The van der Waals surface area contributed by atoms with Gasteiger partial charge in [0, 0.05) is 48.8 Å². The summed E-state index contributed by atoms with van der Waals surface area (Å²) in [5, 5.41) is 15.1. The lowest BCUT2D eigenvalue weighted by atomic mass is 9.96. The molecule has 0 bridgehead atoms. The highest BCUT2D eigenvalue weighted by atomic mass is 35.5. The van der Waals surface area contributed by atoms with E-state index in [1.807, 2.05) is 6.07 Å². The molecule has 0 aliphatic carbocycles. The third kappa shape index (κ3) is 7.35. The van der Waals surface area contributed by atoms with Gasteiger partial charge >= 0.3 is 12.0 Å². The van der Waals surface area contributed by atoms with Gasteiger partial charge in [0.25, 0.3) is 0 Å². The Labute approximate surface area is 270 Å². The summed E-state index contributed by atoms with van der Waals surface area (Å²) in [6, 6.07) is 2.84. The van der Waals surface area contributed by atoms with Gasteiger partial charge in [0.1, 0.15) is 23.4 Å². The first-order valence-electron chi connectivity index (χ1n) is 14.8. The molecule has 3 aromatic rings. The summed E-state index contributed by atoms with van der Waals surface area (Å²) < 4.78 is 29.9. The third-order valence-corrected chi connectivity index (χ3v) is 10.6. The Morgan fingerprint density at radius 3 is 2.47 bits per heavy atom. The van der Waals surface area contributed by atoms with Crippen LogP contribution in [0, 0.1) is 5.92 Å². The minimum Gasteiger partial charge on any atom is -0.480 e. The first-order chi connectivity index (χ1) is 21.5. The van der Waals surface area contributed by atoms with E-state index >= 15 is 0 Å². The monoisotopic (exact) mass is 679 g/mol. The number of hydrogen-bond acceptors (Lipinski definition) is 7. The number of urea groups is 1. The van der Waals surface area contributed by atoms with Crippen molar-refractivity contribution in [2.45, 2.75) is 62.6 Å². The molecule has 242 valence electrons. The maximum atomic E-state index is 13.3. The molecule has 45 heavy (non-hydrogen) atoms. The van der Waals surface area contributed by atoms with Gasteiger partial charge in [0.2, 0.25) is 15.9 Å². The Morgan fingerprint density at radius 1 is 1.09 bits per heavy atom. The van der Waals surface area contributed by atoms with Crippen molar-refractivity contribution in [2.75, 3.05) is 26.2 Å². The third-order valence-electron chi connectivity index (χ3n) is 8.31. The first kappa shape index (κ1) is 32.9. The smallest absolute Gasteiger partial charge is 0.328 e. The predicted octanol–water partition coefficient (Wildman–Crippen LogP) is 3.14. The Hall–Kier alpha value is -3.46. The largest absolute Gasteiger partial charge is 0.480 e. The highest BCUT2D eigenvalue weighted by Crippen LogP contribution is 2.30. The molecule has 2 saturated heterocycles. The van der Waals surface area contributed by atoms with Crippen molar-refractivity contribution in [3.8, 4) is 0 Å². The Kier molecular flexibility index (Phi) is 10.2. The Bertz CT molecular complexity index is 1670. The maximum absolute atomic E-state index is 13.3. The average Bonchev–Trinajstić information content (AvgIpc) is 3.65. The number of piperidine rings is 1. The summed E-state index contributed by atoms with van der Waals surface area (Å²) in [5.41, 5.74) is 1.90. The summed E-state index contributed by atoms with van der Waals surface area (Å²) in [6.07, 6.45) is 6.45. The Morgan fingerprint density at radius 2 is 1.80 bits per heavy atom. The molecule has 13 nitrogen and oxygen atoms in total. The number of likely N-dealkylation sites (tertiary alicyclic amines) is 1. The topological polar surface area (TPSA) is 167 Å². The minimum atomic E-state index is -4.14. The molecule has 0 saturated carbocycles. The fourth-order valence-corrected chi connectivity index (χ4v) is 8.34. The number of pyridine rings is 1. The van der Waals surface area contributed by atoms with Gasteiger partial charge in [-0.25, -0.2) is 23.0 Å². The molecule has 1 aromatic carbocycles. The minimum absolute atomic E-state index is 0.0724. The van der Waals surface area contributed by atoms with Gasteiger partial charge in [-0.05, 0) is 55.9 Å². The number of aromatic nitrogens is 3. The first-order valence-corrected chi connectivity index (χ1v) is 17.0. The molecule has 2 aliphatic rings. The van der Waals surface area contributed by atoms with E-state index in [9.17, 15) is 27.9 Å². The van der Waals surface area contributed by atoms with Gasteiger partial charge in [0.05, 0.1) is 23.2 Å². The van der Waals surface area contributed by atoms with E-state index in [0.717, 1.165) is 47.0 Å². The fourth-order valence-electron chi connectivity index (χ4n) is 5.95. The molecule has 0 unspecified atom stereocenters. The SMILES string of the molecule is CCc1nc2cnccc2n1CC1CCN(C(=O)NC[C@H](NC(=O)[C@@H]2CCCN2S(=O)(=O)c2cc(Cl)cc(Cl)c2)C(=O)O)CC1. The van der Waals surface area contributed by atoms with Crippen LogP contribution in [0.3, 0.4) is 0 Å². The van der Waals surface area contributed by atoms with E-state index in [4.69, 9.17) is 23.2 Å². The predicted molar refractivity (Wildman–Crippen MR) is 168 cm³/mol. The molecule has 0 spiro atoms. The van der Waals surface area contributed by atoms with Crippen molar-refractivity contribution < 1.29 is 27.9 Å². The van der Waals surface area contributed by atoms with Crippen molar-refractivity contribution >= 4 is 62.2 Å². The molecule has 2 aromatic heterocycles. The van der Waals surface area contributed by atoms with E-state index in [-0.39, 0.29) is 34.5 Å². The van der Waals surface area contributed by atoms with Crippen LogP contribution in [-0.4, -0.2) is 93.4 Å². The number of aliphatic carboxylic acids is 1. The molecule has 2 fully saturated rings. The number of hydrogen-bond donors (Lipinski definition) is 3. The number of rotatable bonds is 10.